The summed E-state index contributed by atoms with van der Waals surface area (Å²) in [5, 5.41) is 11.8. The summed E-state index contributed by atoms with van der Waals surface area (Å²) >= 11 is 14.3. The van der Waals surface area contributed by atoms with E-state index >= 15 is 0 Å². The quantitative estimate of drug-likeness (QED) is 0.295. The minimum Gasteiger partial charge on any atom is -0.276 e. The third kappa shape index (κ3) is 7.03. The van der Waals surface area contributed by atoms with Gasteiger partial charge in [0.2, 0.25) is 0 Å². The van der Waals surface area contributed by atoms with Crippen molar-refractivity contribution in [2.24, 2.45) is 5.92 Å². The molecule has 0 bridgehead atoms. The molecule has 42 heavy (non-hydrogen) atoms. The van der Waals surface area contributed by atoms with Crippen LogP contribution in [0.3, 0.4) is 0 Å². The van der Waals surface area contributed by atoms with E-state index in [0.29, 0.717) is 46.0 Å². The zero-order valence-electron chi connectivity index (χ0n) is 23.6. The number of carbonyl (C=O) groups excluding carboxylic acids is 1. The van der Waals surface area contributed by atoms with Crippen LogP contribution >= 0.6 is 34.5 Å². The smallest absolute Gasteiger partial charge is 0.276 e. The summed E-state index contributed by atoms with van der Waals surface area (Å²) in [6.45, 7) is 1.19. The predicted octanol–water partition coefficient (Wildman–Crippen LogP) is 5.93. The second-order valence-corrected chi connectivity index (χ2v) is 14.6. The molecule has 5 rings (SSSR count). The number of aromatic amines is 1. The van der Waals surface area contributed by atoms with Gasteiger partial charge in [-0.25, -0.2) is 10.0 Å². The maximum Gasteiger partial charge on any atom is 0.293 e. The third-order valence-corrected chi connectivity index (χ3v) is 10.6. The molecule has 0 unspecified atom stereocenters. The maximum absolute atomic E-state index is 14.4. The minimum absolute atomic E-state index is 0.107. The first-order valence-electron chi connectivity index (χ1n) is 14.0. The van der Waals surface area contributed by atoms with Gasteiger partial charge < -0.3 is 0 Å². The largest absolute Gasteiger partial charge is 0.293 e. The third-order valence-electron chi connectivity index (χ3n) is 7.53. The molecule has 1 saturated carbocycles. The van der Waals surface area contributed by atoms with E-state index in [2.05, 4.69) is 26.8 Å². The number of aromatic nitrogens is 2. The van der Waals surface area contributed by atoms with Gasteiger partial charge in [0.05, 0.1) is 26.2 Å². The van der Waals surface area contributed by atoms with E-state index in [1.165, 1.54) is 38.3 Å². The number of halogens is 2. The van der Waals surface area contributed by atoms with Crippen LogP contribution in [0, 0.1) is 17.8 Å². The fraction of sp³-hybridized carbons (Fsp3) is 0.448. The molecule has 1 saturated heterocycles. The van der Waals surface area contributed by atoms with Crippen molar-refractivity contribution in [2.45, 2.75) is 51.5 Å². The number of rotatable bonds is 8. The molecule has 1 amide bonds. The fourth-order valence-corrected chi connectivity index (χ4v) is 7.18. The maximum atomic E-state index is 14.4. The second-order valence-electron chi connectivity index (χ2n) is 10.7. The summed E-state index contributed by atoms with van der Waals surface area (Å²) in [7, 11) is -0.893. The van der Waals surface area contributed by atoms with Gasteiger partial charge in [0.1, 0.15) is 0 Å². The van der Waals surface area contributed by atoms with Gasteiger partial charge in [-0.3, -0.25) is 9.89 Å². The molecule has 224 valence electrons. The van der Waals surface area contributed by atoms with Crippen LogP contribution in [0.4, 0.5) is 5.69 Å². The van der Waals surface area contributed by atoms with Crippen LogP contribution in [0.5, 0.6) is 0 Å². The minimum atomic E-state index is -3.78. The lowest BCUT2D eigenvalue weighted by Crippen LogP contribution is -2.49. The Hall–Kier alpha value is -2.43. The lowest BCUT2D eigenvalue weighted by Gasteiger charge is -2.37. The van der Waals surface area contributed by atoms with Crippen LogP contribution in [0.25, 0.3) is 10.6 Å². The summed E-state index contributed by atoms with van der Waals surface area (Å²) in [6, 6.07) is 8.88. The van der Waals surface area contributed by atoms with Gasteiger partial charge in [0.15, 0.2) is 5.69 Å². The molecule has 3 aromatic rings. The number of nitrogens with one attached hydrogen (secondary N) is 2. The van der Waals surface area contributed by atoms with Gasteiger partial charge in [-0.2, -0.15) is 22.5 Å². The highest BCUT2D eigenvalue weighted by Crippen LogP contribution is 2.35. The monoisotopic (exact) mass is 648 g/mol. The number of benzene rings is 1. The Bertz CT molecular complexity index is 1600. The average molecular weight is 650 g/mol. The number of amides is 1. The van der Waals surface area contributed by atoms with E-state index < -0.39 is 16.1 Å². The van der Waals surface area contributed by atoms with Crippen molar-refractivity contribution in [3.63, 3.8) is 0 Å². The summed E-state index contributed by atoms with van der Waals surface area (Å²) in [6.07, 6.45) is 7.65. The molecule has 9 nitrogen and oxygen atoms in total. The highest BCUT2D eigenvalue weighted by atomic mass is 35.5. The standard InChI is InChI=1S/C29H34Cl2N6O3S2/c1-35(2)42(39,40)32-19-23-27(26-15-13-22(41-26)12-10-20-8-4-5-9-20)33-34-28(23)29(38)37(36-16-6-3-7-17-36)25-14-11-21(30)18-24(25)31/h11,13-15,18,20,32H,3-9,16-17,19H2,1-2H3,(H,33,34). The Balaban J connectivity index is 1.54. The van der Waals surface area contributed by atoms with Gasteiger partial charge in [0.25, 0.3) is 16.1 Å². The number of hydrazine groups is 1. The van der Waals surface area contributed by atoms with Crippen molar-refractivity contribution in [1.29, 1.82) is 0 Å². The van der Waals surface area contributed by atoms with Crippen LogP contribution in [-0.2, 0) is 16.8 Å². The van der Waals surface area contributed by atoms with Crippen LogP contribution < -0.4 is 9.73 Å². The number of hydrogen-bond acceptors (Lipinski definition) is 6. The fourth-order valence-electron chi connectivity index (χ4n) is 5.21. The van der Waals surface area contributed by atoms with Crippen molar-refractivity contribution in [3.8, 4) is 22.4 Å². The molecule has 3 heterocycles. The number of H-pyrrole nitrogens is 1. The number of anilines is 1. The first kappa shape index (κ1) is 31.0. The van der Waals surface area contributed by atoms with Crippen molar-refractivity contribution < 1.29 is 13.2 Å². The Morgan fingerprint density at radius 1 is 1.12 bits per heavy atom. The second kappa shape index (κ2) is 13.5. The number of piperidine rings is 1. The Morgan fingerprint density at radius 2 is 1.86 bits per heavy atom. The Labute approximate surface area is 261 Å². The predicted molar refractivity (Wildman–Crippen MR) is 169 cm³/mol. The van der Waals surface area contributed by atoms with Crippen LogP contribution in [0.1, 0.15) is 65.9 Å². The molecule has 0 spiro atoms. The van der Waals surface area contributed by atoms with Crippen molar-refractivity contribution in [1.82, 2.24) is 24.2 Å². The molecular formula is C29H34Cl2N6O3S2. The molecule has 2 aromatic heterocycles. The van der Waals surface area contributed by atoms with E-state index in [-0.39, 0.29) is 12.2 Å². The zero-order valence-corrected chi connectivity index (χ0v) is 26.8. The summed E-state index contributed by atoms with van der Waals surface area (Å²) in [5.41, 5.74) is 1.60. The zero-order chi connectivity index (χ0) is 29.9. The van der Waals surface area contributed by atoms with E-state index in [1.54, 1.807) is 23.2 Å². The molecule has 2 aliphatic rings. The topological polar surface area (TPSA) is 102 Å². The normalized spacial score (nSPS) is 16.5. The summed E-state index contributed by atoms with van der Waals surface area (Å²) < 4.78 is 29.1. The number of nitrogens with zero attached hydrogens (tertiary/aromatic N) is 4. The van der Waals surface area contributed by atoms with Gasteiger partial charge in [-0.1, -0.05) is 54.3 Å². The summed E-state index contributed by atoms with van der Waals surface area (Å²) in [4.78, 5) is 16.1. The first-order valence-corrected chi connectivity index (χ1v) is 17.1. The first-order chi connectivity index (χ1) is 20.1. The van der Waals surface area contributed by atoms with E-state index in [9.17, 15) is 13.2 Å². The molecule has 2 N–H and O–H groups in total. The highest BCUT2D eigenvalue weighted by molar-refractivity contribution is 7.87. The van der Waals surface area contributed by atoms with E-state index in [1.807, 2.05) is 17.1 Å². The molecule has 1 aliphatic heterocycles. The molecule has 13 heteroatoms. The lowest BCUT2D eigenvalue weighted by atomic mass is 10.1. The van der Waals surface area contributed by atoms with Gasteiger partial charge in [0, 0.05) is 50.2 Å². The van der Waals surface area contributed by atoms with E-state index in [0.717, 1.165) is 46.2 Å². The Kier molecular flexibility index (Phi) is 9.95. The Morgan fingerprint density at radius 3 is 2.55 bits per heavy atom. The number of thiophene rings is 1. The number of hydrogen-bond donors (Lipinski definition) is 2. The molecule has 0 atom stereocenters. The van der Waals surface area contributed by atoms with Crippen LogP contribution in [0.15, 0.2) is 30.3 Å². The SMILES string of the molecule is CN(C)S(=O)(=O)NCc1c(C(=O)N(c2ccc(Cl)cc2Cl)N2CCCCC2)n[nH]c1-c1ccc(C#CC2CCCC2)s1. The average Bonchev–Trinajstić information content (AvgIpc) is 3.73. The summed E-state index contributed by atoms with van der Waals surface area (Å²) in [5.74, 6) is 6.70. The van der Waals surface area contributed by atoms with Gasteiger partial charge in [-0.05, 0) is 56.0 Å². The molecule has 0 radical (unpaired) electrons. The van der Waals surface area contributed by atoms with Crippen molar-refractivity contribution in [2.75, 3.05) is 32.2 Å². The highest BCUT2D eigenvalue weighted by Gasteiger charge is 2.33. The van der Waals surface area contributed by atoms with Gasteiger partial charge >= 0.3 is 0 Å². The van der Waals surface area contributed by atoms with Crippen LogP contribution in [-0.4, -0.2) is 61.0 Å². The van der Waals surface area contributed by atoms with Gasteiger partial charge in [-0.15, -0.1) is 11.3 Å². The number of carbonyl (C=O) groups is 1. The van der Waals surface area contributed by atoms with E-state index in [4.69, 9.17) is 23.2 Å². The molecule has 2 fully saturated rings. The lowest BCUT2D eigenvalue weighted by molar-refractivity contribution is 0.0866. The van der Waals surface area contributed by atoms with Crippen molar-refractivity contribution >= 4 is 56.3 Å². The van der Waals surface area contributed by atoms with Crippen LogP contribution in [0.2, 0.25) is 10.0 Å². The molecule has 1 aromatic carbocycles. The molecule has 1 aliphatic carbocycles. The molecular weight excluding hydrogens is 615 g/mol. The van der Waals surface area contributed by atoms with Crippen molar-refractivity contribution in [3.05, 3.63) is 56.5 Å².